The predicted octanol–water partition coefficient (Wildman–Crippen LogP) is 1.33. The predicted molar refractivity (Wildman–Crippen MR) is 64.1 cm³/mol. The van der Waals surface area contributed by atoms with E-state index in [1.807, 2.05) is 18.3 Å². The summed E-state index contributed by atoms with van der Waals surface area (Å²) in [5.41, 5.74) is 6.68. The summed E-state index contributed by atoms with van der Waals surface area (Å²) in [7, 11) is 0. The van der Waals surface area contributed by atoms with Gasteiger partial charge >= 0.3 is 0 Å². The van der Waals surface area contributed by atoms with Gasteiger partial charge in [-0.1, -0.05) is 0 Å². The minimum absolute atomic E-state index is 0.123. The zero-order valence-electron chi connectivity index (χ0n) is 9.45. The Morgan fingerprint density at radius 3 is 2.82 bits per heavy atom. The van der Waals surface area contributed by atoms with E-state index >= 15 is 0 Å². The molecule has 1 aromatic heterocycles. The van der Waals surface area contributed by atoms with E-state index in [2.05, 4.69) is 9.88 Å². The first-order chi connectivity index (χ1) is 8.33. The maximum atomic E-state index is 5.57. The van der Waals surface area contributed by atoms with E-state index in [0.29, 0.717) is 11.7 Å². The summed E-state index contributed by atoms with van der Waals surface area (Å²) in [5.74, 6) is 0.957. The molecule has 5 heteroatoms. The summed E-state index contributed by atoms with van der Waals surface area (Å²) in [5, 5.41) is 0. The highest BCUT2D eigenvalue weighted by atomic mass is 16.7. The van der Waals surface area contributed by atoms with Gasteiger partial charge < -0.3 is 20.1 Å². The smallest absolute Gasteiger partial charge is 0.244 e. The van der Waals surface area contributed by atoms with Crippen LogP contribution in [0.4, 0.5) is 11.5 Å². The van der Waals surface area contributed by atoms with E-state index in [9.17, 15) is 0 Å². The molecule has 17 heavy (non-hydrogen) atoms. The van der Waals surface area contributed by atoms with E-state index in [0.717, 1.165) is 25.2 Å². The first-order valence-electron chi connectivity index (χ1n) is 5.75. The van der Waals surface area contributed by atoms with Gasteiger partial charge in [0.25, 0.3) is 0 Å². The van der Waals surface area contributed by atoms with Crippen LogP contribution in [-0.2, 0) is 9.47 Å². The van der Waals surface area contributed by atoms with Crippen molar-refractivity contribution in [3.8, 4) is 0 Å². The molecule has 5 nitrogen and oxygen atoms in total. The Morgan fingerprint density at radius 2 is 2.12 bits per heavy atom. The SMILES string of the molecule is Nc1ccc(N2CCC(C3OC=CO3)C2)cn1. The molecule has 2 aliphatic heterocycles. The average Bonchev–Trinajstić information content (AvgIpc) is 3.00. The van der Waals surface area contributed by atoms with Crippen LogP contribution in [0, 0.1) is 5.92 Å². The molecular weight excluding hydrogens is 218 g/mol. The molecule has 3 heterocycles. The molecular formula is C12H15N3O2. The molecule has 3 rings (SSSR count). The number of ether oxygens (including phenoxy) is 2. The van der Waals surface area contributed by atoms with Gasteiger partial charge in [0.15, 0.2) is 0 Å². The summed E-state index contributed by atoms with van der Waals surface area (Å²) in [6, 6.07) is 3.83. The van der Waals surface area contributed by atoms with Crippen molar-refractivity contribution >= 4 is 11.5 Å². The Kier molecular flexibility index (Phi) is 2.51. The molecule has 90 valence electrons. The average molecular weight is 233 g/mol. The van der Waals surface area contributed by atoms with Gasteiger partial charge in [-0.05, 0) is 18.6 Å². The van der Waals surface area contributed by atoms with Crippen molar-refractivity contribution in [1.29, 1.82) is 0 Å². The Hall–Kier alpha value is -1.91. The van der Waals surface area contributed by atoms with Gasteiger partial charge in [-0.2, -0.15) is 0 Å². The molecule has 0 amide bonds. The Labute approximate surface area is 99.8 Å². The van der Waals surface area contributed by atoms with Crippen LogP contribution in [0.25, 0.3) is 0 Å². The summed E-state index contributed by atoms with van der Waals surface area (Å²) < 4.78 is 10.8. The quantitative estimate of drug-likeness (QED) is 0.835. The lowest BCUT2D eigenvalue weighted by molar-refractivity contribution is -0.0601. The Bertz CT molecular complexity index is 410. The minimum atomic E-state index is -0.123. The highest BCUT2D eigenvalue weighted by molar-refractivity contribution is 5.48. The lowest BCUT2D eigenvalue weighted by Crippen LogP contribution is -2.26. The summed E-state index contributed by atoms with van der Waals surface area (Å²) >= 11 is 0. The number of nitrogen functional groups attached to an aromatic ring is 1. The van der Waals surface area contributed by atoms with Gasteiger partial charge in [-0.25, -0.2) is 4.98 Å². The van der Waals surface area contributed by atoms with Crippen LogP contribution in [0.1, 0.15) is 6.42 Å². The standard InChI is InChI=1S/C12H15N3O2/c13-11-2-1-10(7-14-11)15-4-3-9(8-15)12-16-5-6-17-12/h1-2,5-7,9,12H,3-4,8H2,(H2,13,14). The van der Waals surface area contributed by atoms with Gasteiger partial charge in [0.05, 0.1) is 17.8 Å². The van der Waals surface area contributed by atoms with Crippen LogP contribution >= 0.6 is 0 Å². The van der Waals surface area contributed by atoms with Crippen LogP contribution in [0.3, 0.4) is 0 Å². The topological polar surface area (TPSA) is 60.6 Å². The molecule has 1 saturated heterocycles. The number of pyridine rings is 1. The second-order valence-electron chi connectivity index (χ2n) is 4.35. The van der Waals surface area contributed by atoms with Crippen molar-refractivity contribution in [2.24, 2.45) is 5.92 Å². The third-order valence-corrected chi connectivity index (χ3v) is 3.23. The fourth-order valence-electron chi connectivity index (χ4n) is 2.30. The fourth-order valence-corrected chi connectivity index (χ4v) is 2.30. The molecule has 1 atom stereocenters. The van der Waals surface area contributed by atoms with Crippen molar-refractivity contribution < 1.29 is 9.47 Å². The molecule has 0 spiro atoms. The second kappa shape index (κ2) is 4.16. The number of hydrogen-bond donors (Lipinski definition) is 1. The zero-order chi connectivity index (χ0) is 11.7. The molecule has 0 aromatic carbocycles. The second-order valence-corrected chi connectivity index (χ2v) is 4.35. The Morgan fingerprint density at radius 1 is 1.29 bits per heavy atom. The molecule has 1 unspecified atom stereocenters. The van der Waals surface area contributed by atoms with Gasteiger partial charge in [-0.15, -0.1) is 0 Å². The van der Waals surface area contributed by atoms with Crippen molar-refractivity contribution in [3.05, 3.63) is 30.9 Å². The summed E-state index contributed by atoms with van der Waals surface area (Å²) in [4.78, 5) is 6.39. The van der Waals surface area contributed by atoms with E-state index in [1.54, 1.807) is 12.5 Å². The van der Waals surface area contributed by atoms with Gasteiger partial charge in [-0.3, -0.25) is 0 Å². The van der Waals surface area contributed by atoms with Crippen molar-refractivity contribution in [2.75, 3.05) is 23.7 Å². The van der Waals surface area contributed by atoms with Crippen LogP contribution in [0.5, 0.6) is 0 Å². The lowest BCUT2D eigenvalue weighted by atomic mass is 10.1. The Balaban J connectivity index is 1.65. The number of rotatable bonds is 2. The van der Waals surface area contributed by atoms with Crippen LogP contribution in [-0.4, -0.2) is 24.4 Å². The zero-order valence-corrected chi connectivity index (χ0v) is 9.45. The van der Waals surface area contributed by atoms with Crippen LogP contribution < -0.4 is 10.6 Å². The molecule has 2 aliphatic rings. The van der Waals surface area contributed by atoms with Gasteiger partial charge in [0.1, 0.15) is 18.3 Å². The van der Waals surface area contributed by atoms with E-state index < -0.39 is 0 Å². The van der Waals surface area contributed by atoms with E-state index in [1.165, 1.54) is 0 Å². The minimum Gasteiger partial charge on any atom is -0.459 e. The number of anilines is 2. The van der Waals surface area contributed by atoms with Gasteiger partial charge in [0, 0.05) is 13.1 Å². The molecule has 0 saturated carbocycles. The molecule has 0 radical (unpaired) electrons. The first-order valence-corrected chi connectivity index (χ1v) is 5.75. The third kappa shape index (κ3) is 2.00. The highest BCUT2D eigenvalue weighted by Gasteiger charge is 2.32. The molecule has 0 aliphatic carbocycles. The molecule has 1 aromatic rings. The fraction of sp³-hybridized carbons (Fsp3) is 0.417. The first kappa shape index (κ1) is 10.3. The molecule has 1 fully saturated rings. The number of nitrogens with two attached hydrogens (primary N) is 1. The third-order valence-electron chi connectivity index (χ3n) is 3.23. The lowest BCUT2D eigenvalue weighted by Gasteiger charge is -2.20. The van der Waals surface area contributed by atoms with Gasteiger partial charge in [0.2, 0.25) is 6.29 Å². The highest BCUT2D eigenvalue weighted by Crippen LogP contribution is 2.28. The maximum Gasteiger partial charge on any atom is 0.244 e. The largest absolute Gasteiger partial charge is 0.459 e. The monoisotopic (exact) mass is 233 g/mol. The van der Waals surface area contributed by atoms with Crippen LogP contribution in [0.15, 0.2) is 30.9 Å². The van der Waals surface area contributed by atoms with Crippen molar-refractivity contribution in [2.45, 2.75) is 12.7 Å². The van der Waals surface area contributed by atoms with Crippen LogP contribution in [0.2, 0.25) is 0 Å². The molecule has 2 N–H and O–H groups in total. The van der Waals surface area contributed by atoms with E-state index in [4.69, 9.17) is 15.2 Å². The van der Waals surface area contributed by atoms with Crippen molar-refractivity contribution in [3.63, 3.8) is 0 Å². The summed E-state index contributed by atoms with van der Waals surface area (Å²) in [6.45, 7) is 1.93. The normalized spacial score (nSPS) is 23.8. The van der Waals surface area contributed by atoms with Crippen molar-refractivity contribution in [1.82, 2.24) is 4.98 Å². The molecule has 0 bridgehead atoms. The number of hydrogen-bond acceptors (Lipinski definition) is 5. The maximum absolute atomic E-state index is 5.57. The van der Waals surface area contributed by atoms with E-state index in [-0.39, 0.29) is 6.29 Å². The number of nitrogens with zero attached hydrogens (tertiary/aromatic N) is 2. The number of aromatic nitrogens is 1. The summed E-state index contributed by atoms with van der Waals surface area (Å²) in [6.07, 6.45) is 5.97.